The van der Waals surface area contributed by atoms with E-state index in [2.05, 4.69) is 48.9 Å². The average Bonchev–Trinajstić information content (AvgIpc) is 2.68. The van der Waals surface area contributed by atoms with Crippen LogP contribution < -0.4 is 16.0 Å². The molecule has 0 radical (unpaired) electrons. The van der Waals surface area contributed by atoms with Gasteiger partial charge in [0.1, 0.15) is 0 Å². The molecule has 5 nitrogen and oxygen atoms in total. The minimum Gasteiger partial charge on any atom is -0.345 e. The average molecular weight is 380 g/mol. The lowest BCUT2D eigenvalue weighted by Gasteiger charge is -2.34. The fourth-order valence-corrected chi connectivity index (χ4v) is 3.78. The molecule has 2 atom stereocenters. The number of nitrogens with one attached hydrogen (secondary N) is 3. The summed E-state index contributed by atoms with van der Waals surface area (Å²) in [5, 5.41) is 9.16. The topological polar surface area (TPSA) is 70.2 Å². The van der Waals surface area contributed by atoms with E-state index in [1.54, 1.807) is 0 Å². The van der Waals surface area contributed by atoms with E-state index in [9.17, 15) is 9.59 Å². The van der Waals surface area contributed by atoms with E-state index in [1.807, 2.05) is 36.4 Å². The number of hydrogen-bond donors (Lipinski definition) is 3. The first-order valence-corrected chi connectivity index (χ1v) is 10.0. The third-order valence-corrected chi connectivity index (χ3v) is 5.12. The molecule has 2 aromatic rings. The summed E-state index contributed by atoms with van der Waals surface area (Å²) in [4.78, 5) is 24.7. The van der Waals surface area contributed by atoms with Crippen LogP contribution in [0.3, 0.4) is 0 Å². The Bertz CT molecular complexity index is 830. The summed E-state index contributed by atoms with van der Waals surface area (Å²) in [5.41, 5.74) is 4.00. The largest absolute Gasteiger partial charge is 0.345 e. The maximum atomic E-state index is 12.7. The first kappa shape index (κ1) is 20.1. The van der Waals surface area contributed by atoms with Crippen molar-refractivity contribution in [3.8, 4) is 0 Å². The van der Waals surface area contributed by atoms with Crippen LogP contribution in [0.25, 0.3) is 0 Å². The molecule has 1 aliphatic heterocycles. The van der Waals surface area contributed by atoms with Crippen LogP contribution >= 0.6 is 0 Å². The Morgan fingerprint density at radius 1 is 1.07 bits per heavy atom. The van der Waals surface area contributed by atoms with Crippen LogP contribution in [0.2, 0.25) is 0 Å². The molecule has 2 amide bonds. The smallest absolute Gasteiger partial charge is 0.238 e. The van der Waals surface area contributed by atoms with Crippen LogP contribution in [0.15, 0.2) is 48.5 Å². The minimum atomic E-state index is -0.172. The highest BCUT2D eigenvalue weighted by atomic mass is 16.2. The molecule has 0 aliphatic carbocycles. The molecule has 0 aromatic heterocycles. The van der Waals surface area contributed by atoms with Gasteiger partial charge in [-0.25, -0.2) is 0 Å². The molecule has 3 rings (SSSR count). The summed E-state index contributed by atoms with van der Waals surface area (Å²) in [6.45, 7) is 7.35. The molecule has 2 unspecified atom stereocenters. The number of rotatable bonds is 7. The highest BCUT2D eigenvalue weighted by Gasteiger charge is 2.35. The number of fused-ring (bicyclic) bond motifs is 1. The zero-order valence-corrected chi connectivity index (χ0v) is 16.8. The molecule has 0 fully saturated rings. The molecule has 0 saturated carbocycles. The highest BCUT2D eigenvalue weighted by Crippen LogP contribution is 2.38. The second-order valence-corrected chi connectivity index (χ2v) is 7.64. The standard InChI is InChI=1S/C23H29N3O2/c1-4-13-24-14-20(27)25-17-11-9-16(10-12-17)22-19-8-6-5-7-18(19)21(15(2)3)23(28)26-22/h5-12,15,21-22,24H,4,13-14H2,1-3H3,(H,25,27)(H,26,28). The van der Waals surface area contributed by atoms with Crippen molar-refractivity contribution in [2.45, 2.75) is 39.2 Å². The molecular formula is C23H29N3O2. The SMILES string of the molecule is CCCNCC(=O)Nc1ccc(C2NC(=O)C(C(C)C)c3ccccc32)cc1. The quantitative estimate of drug-likeness (QED) is 0.644. The maximum Gasteiger partial charge on any atom is 0.238 e. The molecular weight excluding hydrogens is 350 g/mol. The van der Waals surface area contributed by atoms with Crippen molar-refractivity contribution in [3.63, 3.8) is 0 Å². The summed E-state index contributed by atoms with van der Waals surface area (Å²) >= 11 is 0. The Hall–Kier alpha value is -2.66. The van der Waals surface area contributed by atoms with Crippen molar-refractivity contribution in [1.82, 2.24) is 10.6 Å². The van der Waals surface area contributed by atoms with Crippen molar-refractivity contribution < 1.29 is 9.59 Å². The molecule has 0 bridgehead atoms. The Balaban J connectivity index is 1.77. The van der Waals surface area contributed by atoms with Gasteiger partial charge < -0.3 is 16.0 Å². The first-order valence-electron chi connectivity index (χ1n) is 10.0. The molecule has 148 valence electrons. The summed E-state index contributed by atoms with van der Waals surface area (Å²) in [6.07, 6.45) is 0.994. The third-order valence-electron chi connectivity index (χ3n) is 5.12. The van der Waals surface area contributed by atoms with Gasteiger partial charge in [0.05, 0.1) is 18.5 Å². The number of benzene rings is 2. The van der Waals surface area contributed by atoms with E-state index in [0.29, 0.717) is 6.54 Å². The normalized spacial score (nSPS) is 18.5. The van der Waals surface area contributed by atoms with Gasteiger partial charge in [-0.05, 0) is 47.7 Å². The van der Waals surface area contributed by atoms with Crippen molar-refractivity contribution in [3.05, 3.63) is 65.2 Å². The molecule has 5 heteroatoms. The lowest BCUT2D eigenvalue weighted by molar-refractivity contribution is -0.124. The van der Waals surface area contributed by atoms with E-state index in [4.69, 9.17) is 0 Å². The molecule has 1 aliphatic rings. The lowest BCUT2D eigenvalue weighted by Crippen LogP contribution is -2.40. The van der Waals surface area contributed by atoms with Crippen LogP contribution in [-0.2, 0) is 9.59 Å². The van der Waals surface area contributed by atoms with Crippen LogP contribution in [0, 0.1) is 5.92 Å². The van der Waals surface area contributed by atoms with E-state index < -0.39 is 0 Å². The molecule has 3 N–H and O–H groups in total. The molecule has 28 heavy (non-hydrogen) atoms. The third kappa shape index (κ3) is 4.42. The molecule has 1 heterocycles. The van der Waals surface area contributed by atoms with Gasteiger partial charge >= 0.3 is 0 Å². The minimum absolute atomic E-state index is 0.0581. The van der Waals surface area contributed by atoms with Gasteiger partial charge in [0.2, 0.25) is 11.8 Å². The number of anilines is 1. The highest BCUT2D eigenvalue weighted by molar-refractivity contribution is 5.92. The van der Waals surface area contributed by atoms with Gasteiger partial charge in [0.25, 0.3) is 0 Å². The monoisotopic (exact) mass is 379 g/mol. The first-order chi connectivity index (χ1) is 13.5. The van der Waals surface area contributed by atoms with Crippen LogP contribution in [0.1, 0.15) is 55.8 Å². The van der Waals surface area contributed by atoms with Crippen molar-refractivity contribution in [2.24, 2.45) is 5.92 Å². The van der Waals surface area contributed by atoms with Crippen molar-refractivity contribution >= 4 is 17.5 Å². The van der Waals surface area contributed by atoms with Crippen LogP contribution in [0.5, 0.6) is 0 Å². The van der Waals surface area contributed by atoms with Gasteiger partial charge in [-0.3, -0.25) is 9.59 Å². The number of amides is 2. The lowest BCUT2D eigenvalue weighted by atomic mass is 9.78. The van der Waals surface area contributed by atoms with Gasteiger partial charge in [0, 0.05) is 5.69 Å². The summed E-state index contributed by atoms with van der Waals surface area (Å²) in [7, 11) is 0. The van der Waals surface area contributed by atoms with Gasteiger partial charge in [-0.1, -0.05) is 57.2 Å². The Morgan fingerprint density at radius 2 is 1.75 bits per heavy atom. The Morgan fingerprint density at radius 3 is 2.39 bits per heavy atom. The second kappa shape index (κ2) is 9.02. The maximum absolute atomic E-state index is 12.7. The van der Waals surface area contributed by atoms with E-state index in [-0.39, 0.29) is 29.7 Å². The van der Waals surface area contributed by atoms with Gasteiger partial charge in [-0.2, -0.15) is 0 Å². The zero-order valence-electron chi connectivity index (χ0n) is 16.8. The van der Waals surface area contributed by atoms with Crippen molar-refractivity contribution in [2.75, 3.05) is 18.4 Å². The second-order valence-electron chi connectivity index (χ2n) is 7.64. The molecule has 2 aromatic carbocycles. The predicted molar refractivity (Wildman–Crippen MR) is 112 cm³/mol. The fourth-order valence-electron chi connectivity index (χ4n) is 3.78. The van der Waals surface area contributed by atoms with E-state index in [0.717, 1.165) is 35.3 Å². The zero-order chi connectivity index (χ0) is 20.1. The van der Waals surface area contributed by atoms with Gasteiger partial charge in [-0.15, -0.1) is 0 Å². The van der Waals surface area contributed by atoms with Crippen LogP contribution in [-0.4, -0.2) is 24.9 Å². The van der Waals surface area contributed by atoms with Crippen molar-refractivity contribution in [1.29, 1.82) is 0 Å². The molecule has 0 spiro atoms. The number of carbonyl (C=O) groups excluding carboxylic acids is 2. The summed E-state index contributed by atoms with van der Waals surface area (Å²) in [6, 6.07) is 15.7. The number of carbonyl (C=O) groups is 2. The Labute approximate surface area is 166 Å². The Kier molecular flexibility index (Phi) is 6.47. The van der Waals surface area contributed by atoms with E-state index in [1.165, 1.54) is 0 Å². The van der Waals surface area contributed by atoms with E-state index >= 15 is 0 Å². The number of hydrogen-bond acceptors (Lipinski definition) is 3. The summed E-state index contributed by atoms with van der Waals surface area (Å²) < 4.78 is 0. The predicted octanol–water partition coefficient (Wildman–Crippen LogP) is 3.58. The van der Waals surface area contributed by atoms with Crippen LogP contribution in [0.4, 0.5) is 5.69 Å². The summed E-state index contributed by atoms with van der Waals surface area (Å²) in [5.74, 6) is 0.123. The fraction of sp³-hybridized carbons (Fsp3) is 0.391. The molecule has 0 saturated heterocycles. The van der Waals surface area contributed by atoms with Gasteiger partial charge in [0.15, 0.2) is 0 Å².